The number of piperazine rings is 1. The first-order valence-electron chi connectivity index (χ1n) is 7.24. The van der Waals surface area contributed by atoms with Crippen LogP contribution >= 0.6 is 0 Å². The number of nitrogens with zero attached hydrogens (tertiary/aromatic N) is 2. The van der Waals surface area contributed by atoms with Gasteiger partial charge in [-0.3, -0.25) is 14.6 Å². The van der Waals surface area contributed by atoms with E-state index in [1.54, 1.807) is 0 Å². The quantitative estimate of drug-likeness (QED) is 0.715. The van der Waals surface area contributed by atoms with Gasteiger partial charge in [0.25, 0.3) is 0 Å². The molecule has 19 heavy (non-hydrogen) atoms. The maximum atomic E-state index is 11.9. The summed E-state index contributed by atoms with van der Waals surface area (Å²) in [7, 11) is 2.16. The first kappa shape index (κ1) is 16.4. The Bertz CT molecular complexity index is 294. The zero-order chi connectivity index (χ0) is 14.5. The molecule has 0 aliphatic carbocycles. The van der Waals surface area contributed by atoms with Crippen LogP contribution in [0.3, 0.4) is 0 Å². The van der Waals surface area contributed by atoms with Gasteiger partial charge in [0, 0.05) is 31.7 Å². The van der Waals surface area contributed by atoms with E-state index in [0.29, 0.717) is 6.61 Å². The molecule has 1 aliphatic heterocycles. The van der Waals surface area contributed by atoms with Crippen LogP contribution in [0.2, 0.25) is 0 Å². The van der Waals surface area contributed by atoms with Gasteiger partial charge in [0.15, 0.2) is 0 Å². The van der Waals surface area contributed by atoms with E-state index in [1.165, 1.54) is 0 Å². The summed E-state index contributed by atoms with van der Waals surface area (Å²) in [6.07, 6.45) is 0. The van der Waals surface area contributed by atoms with E-state index < -0.39 is 0 Å². The summed E-state index contributed by atoms with van der Waals surface area (Å²) in [5.41, 5.74) is 0.156. The molecule has 5 nitrogen and oxygen atoms in total. The molecule has 0 aromatic heterocycles. The molecule has 0 spiro atoms. The first-order chi connectivity index (χ1) is 8.90. The highest BCUT2D eigenvalue weighted by Gasteiger charge is 2.33. The number of hydrogen-bond acceptors (Lipinski definition) is 5. The van der Waals surface area contributed by atoms with Crippen molar-refractivity contribution < 1.29 is 9.53 Å². The average molecular weight is 271 g/mol. The lowest BCUT2D eigenvalue weighted by Gasteiger charge is -2.46. The van der Waals surface area contributed by atoms with Crippen molar-refractivity contribution in [2.45, 2.75) is 39.3 Å². The fourth-order valence-corrected chi connectivity index (χ4v) is 2.47. The van der Waals surface area contributed by atoms with Gasteiger partial charge in [-0.25, -0.2) is 0 Å². The first-order valence-corrected chi connectivity index (χ1v) is 7.24. The molecule has 1 unspecified atom stereocenters. The molecule has 0 aromatic rings. The Labute approximate surface area is 117 Å². The molecule has 112 valence electrons. The van der Waals surface area contributed by atoms with Gasteiger partial charge in [0.05, 0.1) is 6.61 Å². The predicted octanol–water partition coefficient (Wildman–Crippen LogP) is 0.554. The highest BCUT2D eigenvalue weighted by Crippen LogP contribution is 2.18. The van der Waals surface area contributed by atoms with Crippen molar-refractivity contribution in [2.24, 2.45) is 0 Å². The molecule has 5 heteroatoms. The molecule has 0 bridgehead atoms. The van der Waals surface area contributed by atoms with Crippen LogP contribution < -0.4 is 5.32 Å². The zero-order valence-corrected chi connectivity index (χ0v) is 13.0. The average Bonchev–Trinajstić information content (AvgIpc) is 2.33. The van der Waals surface area contributed by atoms with Crippen molar-refractivity contribution >= 4 is 5.97 Å². The monoisotopic (exact) mass is 271 g/mol. The summed E-state index contributed by atoms with van der Waals surface area (Å²) < 4.78 is 5.13. The number of carbonyl (C=O) groups is 1. The largest absolute Gasteiger partial charge is 0.465 e. The summed E-state index contributed by atoms with van der Waals surface area (Å²) >= 11 is 0. The lowest BCUT2D eigenvalue weighted by molar-refractivity contribution is -0.146. The Morgan fingerprint density at radius 3 is 2.58 bits per heavy atom. The number of nitrogens with one attached hydrogen (secondary N) is 1. The maximum Gasteiger partial charge on any atom is 0.324 e. The summed E-state index contributed by atoms with van der Waals surface area (Å²) in [4.78, 5) is 16.6. The Balaban J connectivity index is 2.57. The number of carbonyl (C=O) groups excluding carboxylic acids is 1. The van der Waals surface area contributed by atoms with Crippen molar-refractivity contribution in [1.29, 1.82) is 0 Å². The minimum atomic E-state index is -0.218. The number of likely N-dealkylation sites (N-methyl/N-ethyl adjacent to an activating group) is 2. The standard InChI is InChI=1S/C14H29N3O2/c1-6-15-12(13(18)19-7-2)10-17-9-8-16(5)14(3,4)11-17/h12,15H,6-11H2,1-5H3. The van der Waals surface area contributed by atoms with E-state index in [4.69, 9.17) is 4.74 Å². The second kappa shape index (κ2) is 7.22. The van der Waals surface area contributed by atoms with Crippen LogP contribution in [0.5, 0.6) is 0 Å². The van der Waals surface area contributed by atoms with Gasteiger partial charge in [-0.2, -0.15) is 0 Å². The molecule has 0 aromatic carbocycles. The number of esters is 1. The Hall–Kier alpha value is -0.650. The molecular weight excluding hydrogens is 242 g/mol. The zero-order valence-electron chi connectivity index (χ0n) is 13.0. The van der Waals surface area contributed by atoms with Gasteiger partial charge in [-0.1, -0.05) is 6.92 Å². The minimum Gasteiger partial charge on any atom is -0.465 e. The lowest BCUT2D eigenvalue weighted by atomic mass is 9.99. The van der Waals surface area contributed by atoms with Gasteiger partial charge in [-0.05, 0) is 34.4 Å². The molecule has 0 amide bonds. The molecule has 0 saturated carbocycles. The van der Waals surface area contributed by atoms with Crippen molar-refractivity contribution in [2.75, 3.05) is 46.4 Å². The van der Waals surface area contributed by atoms with Gasteiger partial charge in [0.2, 0.25) is 0 Å². The van der Waals surface area contributed by atoms with Crippen LogP contribution in [-0.2, 0) is 9.53 Å². The fourth-order valence-electron chi connectivity index (χ4n) is 2.47. The highest BCUT2D eigenvalue weighted by atomic mass is 16.5. The van der Waals surface area contributed by atoms with Crippen LogP contribution in [0.1, 0.15) is 27.7 Å². The molecule has 1 rings (SSSR count). The van der Waals surface area contributed by atoms with Crippen LogP contribution in [0.4, 0.5) is 0 Å². The van der Waals surface area contributed by atoms with Crippen molar-refractivity contribution in [3.63, 3.8) is 0 Å². The van der Waals surface area contributed by atoms with Gasteiger partial charge in [-0.15, -0.1) is 0 Å². The smallest absolute Gasteiger partial charge is 0.324 e. The summed E-state index contributed by atoms with van der Waals surface area (Å²) in [5, 5.41) is 3.22. The van der Waals surface area contributed by atoms with E-state index in [2.05, 4.69) is 36.0 Å². The molecule has 1 aliphatic rings. The third-order valence-corrected chi connectivity index (χ3v) is 3.86. The third-order valence-electron chi connectivity index (χ3n) is 3.86. The Morgan fingerprint density at radius 2 is 2.05 bits per heavy atom. The Morgan fingerprint density at radius 1 is 1.37 bits per heavy atom. The van der Waals surface area contributed by atoms with Crippen molar-refractivity contribution in [3.05, 3.63) is 0 Å². The van der Waals surface area contributed by atoms with Crippen LogP contribution in [0.25, 0.3) is 0 Å². The number of rotatable bonds is 6. The summed E-state index contributed by atoms with van der Waals surface area (Å²) in [6, 6.07) is -0.218. The highest BCUT2D eigenvalue weighted by molar-refractivity contribution is 5.76. The van der Waals surface area contributed by atoms with E-state index >= 15 is 0 Å². The summed E-state index contributed by atoms with van der Waals surface area (Å²) in [6.45, 7) is 13.3. The van der Waals surface area contributed by atoms with Gasteiger partial charge in [0.1, 0.15) is 6.04 Å². The third kappa shape index (κ3) is 4.75. The van der Waals surface area contributed by atoms with E-state index in [0.717, 1.165) is 32.7 Å². The normalized spacial score (nSPS) is 22.2. The van der Waals surface area contributed by atoms with Gasteiger partial charge < -0.3 is 10.1 Å². The fraction of sp³-hybridized carbons (Fsp3) is 0.929. The second-order valence-corrected chi connectivity index (χ2v) is 5.83. The molecule has 0 radical (unpaired) electrons. The van der Waals surface area contributed by atoms with Crippen molar-refractivity contribution in [3.8, 4) is 0 Å². The molecule has 1 N–H and O–H groups in total. The van der Waals surface area contributed by atoms with Crippen LogP contribution in [0.15, 0.2) is 0 Å². The van der Waals surface area contributed by atoms with E-state index in [1.807, 2.05) is 13.8 Å². The predicted molar refractivity (Wildman–Crippen MR) is 77.2 cm³/mol. The topological polar surface area (TPSA) is 44.8 Å². The summed E-state index contributed by atoms with van der Waals surface area (Å²) in [5.74, 6) is -0.138. The number of hydrogen-bond donors (Lipinski definition) is 1. The molecular formula is C14H29N3O2. The maximum absolute atomic E-state index is 11.9. The van der Waals surface area contributed by atoms with E-state index in [-0.39, 0.29) is 17.6 Å². The minimum absolute atomic E-state index is 0.138. The second-order valence-electron chi connectivity index (χ2n) is 5.83. The molecule has 1 atom stereocenters. The van der Waals surface area contributed by atoms with Crippen LogP contribution in [0, 0.1) is 0 Å². The SMILES string of the molecule is CCNC(CN1CCN(C)C(C)(C)C1)C(=O)OCC. The lowest BCUT2D eigenvalue weighted by Crippen LogP contribution is -2.60. The van der Waals surface area contributed by atoms with Crippen molar-refractivity contribution in [1.82, 2.24) is 15.1 Å². The molecule has 1 heterocycles. The molecule has 1 fully saturated rings. The van der Waals surface area contributed by atoms with Gasteiger partial charge >= 0.3 is 5.97 Å². The van der Waals surface area contributed by atoms with Crippen LogP contribution in [-0.4, -0.2) is 73.7 Å². The molecule has 1 saturated heterocycles. The Kier molecular flexibility index (Phi) is 6.23. The number of ether oxygens (including phenoxy) is 1. The van der Waals surface area contributed by atoms with E-state index in [9.17, 15) is 4.79 Å².